The highest BCUT2D eigenvalue weighted by Gasteiger charge is 2.30. The molecule has 1 amide bonds. The molecule has 1 aliphatic rings. The van der Waals surface area contributed by atoms with E-state index in [4.69, 9.17) is 0 Å². The molecule has 25 heavy (non-hydrogen) atoms. The first-order valence-corrected chi connectivity index (χ1v) is 8.98. The van der Waals surface area contributed by atoms with E-state index in [2.05, 4.69) is 28.1 Å². The number of hydrogen-bond acceptors (Lipinski definition) is 2. The number of hydrogen-bond donors (Lipinski definition) is 0. The van der Waals surface area contributed by atoms with Gasteiger partial charge in [0, 0.05) is 49.1 Å². The van der Waals surface area contributed by atoms with Crippen molar-refractivity contribution in [2.45, 2.75) is 31.7 Å². The van der Waals surface area contributed by atoms with E-state index < -0.39 is 0 Å². The van der Waals surface area contributed by atoms with Gasteiger partial charge >= 0.3 is 0 Å². The summed E-state index contributed by atoms with van der Waals surface area (Å²) in [6.07, 6.45) is 9.85. The van der Waals surface area contributed by atoms with Crippen LogP contribution in [-0.2, 0) is 13.5 Å². The van der Waals surface area contributed by atoms with Crippen LogP contribution in [0.3, 0.4) is 0 Å². The zero-order valence-electron chi connectivity index (χ0n) is 14.6. The van der Waals surface area contributed by atoms with Crippen LogP contribution < -0.4 is 0 Å². The summed E-state index contributed by atoms with van der Waals surface area (Å²) in [7, 11) is 2.00. The van der Waals surface area contributed by atoms with Crippen LogP contribution in [0.2, 0.25) is 0 Å². The maximum atomic E-state index is 13.2. The minimum atomic E-state index is 0.175. The van der Waals surface area contributed by atoms with Crippen molar-refractivity contribution in [1.29, 1.82) is 0 Å². The lowest BCUT2D eigenvalue weighted by Gasteiger charge is -2.24. The van der Waals surface area contributed by atoms with E-state index in [0.717, 1.165) is 48.7 Å². The second-order valence-electron chi connectivity index (χ2n) is 6.86. The molecule has 4 rings (SSSR count). The number of pyridine rings is 1. The first-order valence-electron chi connectivity index (χ1n) is 8.98. The molecule has 0 aliphatic carbocycles. The molecule has 128 valence electrons. The minimum Gasteiger partial charge on any atom is -0.350 e. The van der Waals surface area contributed by atoms with E-state index >= 15 is 0 Å². The Bertz CT molecular complexity index is 885. The van der Waals surface area contributed by atoms with Gasteiger partial charge in [0.15, 0.2) is 0 Å². The first-order chi connectivity index (χ1) is 12.2. The number of para-hydroxylation sites is 1. The molecule has 1 atom stereocenters. The molecule has 0 radical (unpaired) electrons. The van der Waals surface area contributed by atoms with Gasteiger partial charge in [-0.2, -0.15) is 0 Å². The van der Waals surface area contributed by atoms with Crippen LogP contribution in [-0.4, -0.2) is 32.9 Å². The van der Waals surface area contributed by atoms with Crippen LogP contribution >= 0.6 is 0 Å². The SMILES string of the molecule is Cn1cc(C(=O)N2CCC[C@H]2CCc2ccncc2)c2ccccc21. The summed E-state index contributed by atoms with van der Waals surface area (Å²) < 4.78 is 2.05. The second kappa shape index (κ2) is 6.71. The van der Waals surface area contributed by atoms with Crippen LogP contribution in [0.1, 0.15) is 35.2 Å². The third-order valence-electron chi connectivity index (χ3n) is 5.28. The molecule has 0 saturated carbocycles. The van der Waals surface area contributed by atoms with Crippen LogP contribution in [0.15, 0.2) is 55.0 Å². The Morgan fingerprint density at radius 1 is 1.20 bits per heavy atom. The topological polar surface area (TPSA) is 38.1 Å². The number of nitrogens with zero attached hydrogens (tertiary/aromatic N) is 3. The Morgan fingerprint density at radius 2 is 2.00 bits per heavy atom. The van der Waals surface area contributed by atoms with Crippen molar-refractivity contribution in [3.05, 3.63) is 66.1 Å². The third-order valence-corrected chi connectivity index (χ3v) is 5.28. The summed E-state index contributed by atoms with van der Waals surface area (Å²) in [4.78, 5) is 19.4. The van der Waals surface area contributed by atoms with Gasteiger partial charge in [-0.25, -0.2) is 0 Å². The van der Waals surface area contributed by atoms with Crippen molar-refractivity contribution in [2.24, 2.45) is 7.05 Å². The molecule has 1 aliphatic heterocycles. The van der Waals surface area contributed by atoms with Gasteiger partial charge in [0.25, 0.3) is 5.91 Å². The zero-order chi connectivity index (χ0) is 17.2. The Hall–Kier alpha value is -2.62. The fourth-order valence-corrected chi connectivity index (χ4v) is 3.95. The van der Waals surface area contributed by atoms with Crippen molar-refractivity contribution in [3.8, 4) is 0 Å². The Morgan fingerprint density at radius 3 is 2.84 bits per heavy atom. The predicted molar refractivity (Wildman–Crippen MR) is 99.5 cm³/mol. The second-order valence-corrected chi connectivity index (χ2v) is 6.86. The minimum absolute atomic E-state index is 0.175. The number of fused-ring (bicyclic) bond motifs is 1. The molecular weight excluding hydrogens is 310 g/mol. The zero-order valence-corrected chi connectivity index (χ0v) is 14.6. The molecule has 3 aromatic rings. The number of benzene rings is 1. The van der Waals surface area contributed by atoms with Crippen LogP contribution in [0.25, 0.3) is 10.9 Å². The Labute approximate surface area is 148 Å². The highest BCUT2D eigenvalue weighted by molar-refractivity contribution is 6.07. The fraction of sp³-hybridized carbons (Fsp3) is 0.333. The third kappa shape index (κ3) is 3.04. The van der Waals surface area contributed by atoms with Gasteiger partial charge in [0.2, 0.25) is 0 Å². The summed E-state index contributed by atoms with van der Waals surface area (Å²) >= 11 is 0. The molecule has 0 spiro atoms. The van der Waals surface area contributed by atoms with Crippen molar-refractivity contribution >= 4 is 16.8 Å². The molecule has 4 heteroatoms. The van der Waals surface area contributed by atoms with E-state index in [-0.39, 0.29) is 5.91 Å². The van der Waals surface area contributed by atoms with Gasteiger partial charge in [-0.05, 0) is 49.4 Å². The molecule has 1 aromatic carbocycles. The Kier molecular flexibility index (Phi) is 4.26. The molecule has 4 nitrogen and oxygen atoms in total. The van der Waals surface area contributed by atoms with Gasteiger partial charge in [0.05, 0.1) is 5.56 Å². The van der Waals surface area contributed by atoms with Crippen LogP contribution in [0.5, 0.6) is 0 Å². The number of carbonyl (C=O) groups excluding carboxylic acids is 1. The highest BCUT2D eigenvalue weighted by atomic mass is 16.2. The standard InChI is InChI=1S/C21H23N3O/c1-23-15-19(18-6-2-3-7-20(18)23)21(25)24-14-4-5-17(24)9-8-16-10-12-22-13-11-16/h2-3,6-7,10-13,15,17H,4-5,8-9,14H2,1H3/t17-/m0/s1. The van der Waals surface area contributed by atoms with E-state index in [1.807, 2.05) is 48.4 Å². The molecule has 3 heterocycles. The lowest BCUT2D eigenvalue weighted by Crippen LogP contribution is -2.35. The van der Waals surface area contributed by atoms with Crippen molar-refractivity contribution < 1.29 is 4.79 Å². The van der Waals surface area contributed by atoms with Gasteiger partial charge in [0.1, 0.15) is 0 Å². The maximum Gasteiger partial charge on any atom is 0.256 e. The van der Waals surface area contributed by atoms with Crippen LogP contribution in [0.4, 0.5) is 0 Å². The molecule has 2 aromatic heterocycles. The summed E-state index contributed by atoms with van der Waals surface area (Å²) in [6.45, 7) is 0.864. The normalized spacial score (nSPS) is 17.3. The Balaban J connectivity index is 1.54. The number of likely N-dealkylation sites (tertiary alicyclic amines) is 1. The van der Waals surface area contributed by atoms with Gasteiger partial charge in [-0.15, -0.1) is 0 Å². The highest BCUT2D eigenvalue weighted by Crippen LogP contribution is 2.27. The fourth-order valence-electron chi connectivity index (χ4n) is 3.95. The van der Waals surface area contributed by atoms with Gasteiger partial charge < -0.3 is 9.47 Å². The lowest BCUT2D eigenvalue weighted by atomic mass is 10.0. The van der Waals surface area contributed by atoms with E-state index in [1.54, 1.807) is 0 Å². The molecule has 0 bridgehead atoms. The predicted octanol–water partition coefficient (Wildman–Crippen LogP) is 3.81. The van der Waals surface area contributed by atoms with E-state index in [0.29, 0.717) is 6.04 Å². The summed E-state index contributed by atoms with van der Waals surface area (Å²) in [5.74, 6) is 0.175. The number of aryl methyl sites for hydroxylation is 2. The number of amides is 1. The lowest BCUT2D eigenvalue weighted by molar-refractivity contribution is 0.0732. The molecule has 0 unspecified atom stereocenters. The van der Waals surface area contributed by atoms with Gasteiger partial charge in [-0.1, -0.05) is 18.2 Å². The number of rotatable bonds is 4. The van der Waals surface area contributed by atoms with E-state index in [1.165, 1.54) is 5.56 Å². The number of carbonyl (C=O) groups is 1. The smallest absolute Gasteiger partial charge is 0.256 e. The monoisotopic (exact) mass is 333 g/mol. The summed E-state index contributed by atoms with van der Waals surface area (Å²) in [5.41, 5.74) is 3.23. The largest absolute Gasteiger partial charge is 0.350 e. The van der Waals surface area contributed by atoms with Crippen molar-refractivity contribution in [3.63, 3.8) is 0 Å². The molecule has 1 saturated heterocycles. The molecular formula is C21H23N3O. The van der Waals surface area contributed by atoms with E-state index in [9.17, 15) is 4.79 Å². The maximum absolute atomic E-state index is 13.2. The average Bonchev–Trinajstić information content (AvgIpc) is 3.25. The van der Waals surface area contributed by atoms with Crippen LogP contribution in [0, 0.1) is 0 Å². The van der Waals surface area contributed by atoms with Crippen molar-refractivity contribution in [1.82, 2.24) is 14.5 Å². The quantitative estimate of drug-likeness (QED) is 0.728. The number of aromatic nitrogens is 2. The van der Waals surface area contributed by atoms with Crippen molar-refractivity contribution in [2.75, 3.05) is 6.54 Å². The summed E-state index contributed by atoms with van der Waals surface area (Å²) in [5, 5.41) is 1.05. The molecule has 0 N–H and O–H groups in total. The average molecular weight is 333 g/mol. The molecule has 1 fully saturated rings. The summed E-state index contributed by atoms with van der Waals surface area (Å²) in [6, 6.07) is 12.6. The first kappa shape index (κ1) is 15.9. The van der Waals surface area contributed by atoms with Gasteiger partial charge in [-0.3, -0.25) is 9.78 Å².